The fourth-order valence-electron chi connectivity index (χ4n) is 2.50. The van der Waals surface area contributed by atoms with Crippen LogP contribution in [-0.2, 0) is 6.54 Å². The summed E-state index contributed by atoms with van der Waals surface area (Å²) in [5.41, 5.74) is 0.731. The van der Waals surface area contributed by atoms with Gasteiger partial charge in [-0.2, -0.15) is 5.10 Å². The molecule has 1 atom stereocenters. The maximum absolute atomic E-state index is 9.09. The number of aliphatic hydroxyl groups is 1. The van der Waals surface area contributed by atoms with E-state index >= 15 is 0 Å². The number of hydrogen-bond donors (Lipinski definition) is 2. The average molecular weight is 332 g/mol. The van der Waals surface area contributed by atoms with Gasteiger partial charge in [0.15, 0.2) is 5.65 Å². The molecular formula is C15H20N6OS. The van der Waals surface area contributed by atoms with Crippen LogP contribution >= 0.6 is 11.3 Å². The van der Waals surface area contributed by atoms with Gasteiger partial charge in [0, 0.05) is 11.4 Å². The highest BCUT2D eigenvalue weighted by Crippen LogP contribution is 2.25. The topological polar surface area (TPSA) is 79.1 Å². The van der Waals surface area contributed by atoms with E-state index in [0.29, 0.717) is 6.54 Å². The molecule has 0 fully saturated rings. The molecule has 0 radical (unpaired) electrons. The lowest BCUT2D eigenvalue weighted by Crippen LogP contribution is -2.26. The van der Waals surface area contributed by atoms with Gasteiger partial charge in [0.1, 0.15) is 12.1 Å². The number of fused-ring (bicyclic) bond motifs is 1. The molecule has 3 heterocycles. The summed E-state index contributed by atoms with van der Waals surface area (Å²) >= 11 is 1.75. The van der Waals surface area contributed by atoms with Crippen LogP contribution < -0.4 is 5.32 Å². The summed E-state index contributed by atoms with van der Waals surface area (Å²) in [6.45, 7) is 1.20. The van der Waals surface area contributed by atoms with E-state index in [2.05, 4.69) is 56.9 Å². The van der Waals surface area contributed by atoms with Crippen molar-refractivity contribution in [2.24, 2.45) is 0 Å². The first-order chi connectivity index (χ1) is 11.2. The van der Waals surface area contributed by atoms with E-state index in [-0.39, 0.29) is 12.6 Å². The van der Waals surface area contributed by atoms with E-state index in [4.69, 9.17) is 5.11 Å². The Hall–Kier alpha value is -2.03. The first-order valence-electron chi connectivity index (χ1n) is 7.41. The summed E-state index contributed by atoms with van der Waals surface area (Å²) in [6, 6.07) is 4.48. The van der Waals surface area contributed by atoms with Crippen molar-refractivity contribution in [1.82, 2.24) is 24.6 Å². The number of anilines is 1. The minimum absolute atomic E-state index is 0.0324. The molecule has 0 saturated carbocycles. The Morgan fingerprint density at radius 1 is 1.39 bits per heavy atom. The SMILES string of the molecule is CN(C)[C@@H](CNc1ncnc2c1cnn2CCO)c1cccs1. The van der Waals surface area contributed by atoms with Gasteiger partial charge in [0.05, 0.1) is 30.8 Å². The van der Waals surface area contributed by atoms with Gasteiger partial charge < -0.3 is 15.3 Å². The highest BCUT2D eigenvalue weighted by molar-refractivity contribution is 7.10. The Morgan fingerprint density at radius 3 is 2.96 bits per heavy atom. The van der Waals surface area contributed by atoms with Gasteiger partial charge in [-0.25, -0.2) is 14.6 Å². The number of nitrogens with zero attached hydrogens (tertiary/aromatic N) is 5. The predicted molar refractivity (Wildman–Crippen MR) is 91.6 cm³/mol. The van der Waals surface area contributed by atoms with E-state index in [1.54, 1.807) is 22.2 Å². The van der Waals surface area contributed by atoms with Crippen LogP contribution in [0, 0.1) is 0 Å². The zero-order valence-corrected chi connectivity index (χ0v) is 14.0. The quantitative estimate of drug-likeness (QED) is 0.684. The normalized spacial score (nSPS) is 12.9. The van der Waals surface area contributed by atoms with Gasteiger partial charge >= 0.3 is 0 Å². The monoisotopic (exact) mass is 332 g/mol. The molecule has 8 heteroatoms. The molecule has 3 aromatic heterocycles. The molecule has 0 amide bonds. The van der Waals surface area contributed by atoms with Gasteiger partial charge in [-0.3, -0.25) is 0 Å². The van der Waals surface area contributed by atoms with Crippen molar-refractivity contribution in [3.8, 4) is 0 Å². The van der Waals surface area contributed by atoms with Crippen LogP contribution in [-0.4, -0.2) is 57.0 Å². The number of nitrogens with one attached hydrogen (secondary N) is 1. The maximum atomic E-state index is 9.09. The molecule has 0 aliphatic carbocycles. The minimum atomic E-state index is 0.0324. The molecule has 0 spiro atoms. The van der Waals surface area contributed by atoms with Crippen molar-refractivity contribution in [2.45, 2.75) is 12.6 Å². The van der Waals surface area contributed by atoms with E-state index in [1.807, 2.05) is 0 Å². The van der Waals surface area contributed by atoms with Crippen molar-refractivity contribution in [3.05, 3.63) is 34.9 Å². The van der Waals surface area contributed by atoms with Crippen LogP contribution in [0.5, 0.6) is 0 Å². The summed E-state index contributed by atoms with van der Waals surface area (Å²) < 4.78 is 1.69. The summed E-state index contributed by atoms with van der Waals surface area (Å²) in [6.07, 6.45) is 3.26. The first-order valence-corrected chi connectivity index (χ1v) is 8.29. The van der Waals surface area contributed by atoms with E-state index in [9.17, 15) is 0 Å². The van der Waals surface area contributed by atoms with Crippen molar-refractivity contribution in [1.29, 1.82) is 0 Å². The molecule has 122 valence electrons. The van der Waals surface area contributed by atoms with Crippen LogP contribution in [0.25, 0.3) is 11.0 Å². The van der Waals surface area contributed by atoms with E-state index in [0.717, 1.165) is 23.4 Å². The molecule has 0 bridgehead atoms. The fourth-order valence-corrected chi connectivity index (χ4v) is 3.43. The summed E-state index contributed by atoms with van der Waals surface area (Å²) in [5.74, 6) is 0.766. The Kier molecular flexibility index (Phi) is 4.85. The Balaban J connectivity index is 1.81. The molecule has 0 aliphatic heterocycles. The minimum Gasteiger partial charge on any atom is -0.394 e. The van der Waals surface area contributed by atoms with Gasteiger partial charge in [-0.05, 0) is 25.5 Å². The second-order valence-electron chi connectivity index (χ2n) is 5.43. The first kappa shape index (κ1) is 15.9. The number of thiophene rings is 1. The number of hydrogen-bond acceptors (Lipinski definition) is 7. The van der Waals surface area contributed by atoms with Gasteiger partial charge in [-0.1, -0.05) is 6.07 Å². The van der Waals surface area contributed by atoms with Gasteiger partial charge in [0.25, 0.3) is 0 Å². The Labute approximate surface area is 138 Å². The van der Waals surface area contributed by atoms with Crippen molar-refractivity contribution in [2.75, 3.05) is 32.6 Å². The molecule has 0 aromatic carbocycles. The van der Waals surface area contributed by atoms with Crippen LogP contribution in [0.15, 0.2) is 30.0 Å². The lowest BCUT2D eigenvalue weighted by molar-refractivity contribution is 0.271. The van der Waals surface area contributed by atoms with Gasteiger partial charge in [-0.15, -0.1) is 11.3 Å². The Bertz CT molecular complexity index is 755. The lowest BCUT2D eigenvalue weighted by atomic mass is 10.2. The lowest BCUT2D eigenvalue weighted by Gasteiger charge is -2.23. The maximum Gasteiger partial charge on any atom is 0.163 e. The molecule has 2 N–H and O–H groups in total. The third-order valence-corrected chi connectivity index (χ3v) is 4.68. The molecular weight excluding hydrogens is 312 g/mol. The zero-order valence-electron chi connectivity index (χ0n) is 13.2. The molecule has 7 nitrogen and oxygen atoms in total. The smallest absolute Gasteiger partial charge is 0.163 e. The summed E-state index contributed by atoms with van der Waals surface area (Å²) in [4.78, 5) is 12.1. The third-order valence-electron chi connectivity index (χ3n) is 3.70. The van der Waals surface area contributed by atoms with Gasteiger partial charge in [0.2, 0.25) is 0 Å². The molecule has 0 saturated heterocycles. The fraction of sp³-hybridized carbons (Fsp3) is 0.400. The molecule has 3 rings (SSSR count). The largest absolute Gasteiger partial charge is 0.394 e. The highest BCUT2D eigenvalue weighted by atomic mass is 32.1. The van der Waals surface area contributed by atoms with E-state index < -0.39 is 0 Å². The van der Waals surface area contributed by atoms with Crippen molar-refractivity contribution < 1.29 is 5.11 Å². The molecule has 0 aliphatic rings. The van der Waals surface area contributed by atoms with Crippen LogP contribution in [0.2, 0.25) is 0 Å². The number of likely N-dealkylation sites (N-methyl/N-ethyl adjacent to an activating group) is 1. The predicted octanol–water partition coefficient (Wildman–Crippen LogP) is 1.59. The average Bonchev–Trinajstić information content (AvgIpc) is 3.18. The Morgan fingerprint density at radius 2 is 2.26 bits per heavy atom. The van der Waals surface area contributed by atoms with Crippen LogP contribution in [0.3, 0.4) is 0 Å². The standard InChI is InChI=1S/C15H20N6OS/c1-20(2)12(13-4-3-7-23-13)9-16-14-11-8-19-21(5-6-22)15(11)18-10-17-14/h3-4,7-8,10,12,22H,5-6,9H2,1-2H3,(H,16,17,18)/t12-/m0/s1. The molecule has 0 unspecified atom stereocenters. The second-order valence-corrected chi connectivity index (χ2v) is 6.41. The van der Waals surface area contributed by atoms with E-state index in [1.165, 1.54) is 11.2 Å². The number of rotatable bonds is 7. The van der Waals surface area contributed by atoms with Crippen molar-refractivity contribution in [3.63, 3.8) is 0 Å². The zero-order chi connectivity index (χ0) is 16.2. The summed E-state index contributed by atoms with van der Waals surface area (Å²) in [7, 11) is 4.14. The van der Waals surface area contributed by atoms with Crippen LogP contribution in [0.1, 0.15) is 10.9 Å². The molecule has 23 heavy (non-hydrogen) atoms. The third kappa shape index (κ3) is 3.34. The number of aromatic nitrogens is 4. The highest BCUT2D eigenvalue weighted by Gasteiger charge is 2.16. The number of aliphatic hydroxyl groups excluding tert-OH is 1. The second kappa shape index (κ2) is 7.03. The van der Waals surface area contributed by atoms with Crippen molar-refractivity contribution >= 4 is 28.2 Å². The summed E-state index contributed by atoms with van der Waals surface area (Å²) in [5, 5.41) is 19.7. The van der Waals surface area contributed by atoms with Crippen LogP contribution in [0.4, 0.5) is 5.82 Å². The molecule has 3 aromatic rings.